The lowest BCUT2D eigenvalue weighted by Crippen LogP contribution is -2.26. The minimum absolute atomic E-state index is 0.204. The second-order valence-electron chi connectivity index (χ2n) is 7.21. The van der Waals surface area contributed by atoms with Crippen LogP contribution < -0.4 is 5.32 Å². The van der Waals surface area contributed by atoms with Crippen molar-refractivity contribution < 1.29 is 4.79 Å². The van der Waals surface area contributed by atoms with E-state index in [9.17, 15) is 4.79 Å². The molecule has 0 radical (unpaired) electrons. The zero-order chi connectivity index (χ0) is 21.5. The first-order valence-electron chi connectivity index (χ1n) is 10.3. The maximum absolute atomic E-state index is 12.9. The molecule has 1 aliphatic rings. The van der Waals surface area contributed by atoms with Gasteiger partial charge in [-0.05, 0) is 62.4 Å². The standard InChI is InChI=1S/C22H23BrN6OS/c23-17-7-9-18(10-8-17)29-19(15-31-22-25-12-4-13-26-22)20(27-28-29)21(30)24-14-11-16-5-2-1-3-6-16/h4-5,7-10,12-13H,1-3,6,11,14-15H2,(H,24,30). The summed E-state index contributed by atoms with van der Waals surface area (Å²) in [4.78, 5) is 21.4. The van der Waals surface area contributed by atoms with E-state index >= 15 is 0 Å². The van der Waals surface area contributed by atoms with Crippen LogP contribution in [0.2, 0.25) is 0 Å². The van der Waals surface area contributed by atoms with Crippen molar-refractivity contribution >= 4 is 33.6 Å². The molecule has 4 rings (SSSR count). The molecule has 9 heteroatoms. The Morgan fingerprint density at radius 3 is 2.71 bits per heavy atom. The van der Waals surface area contributed by atoms with Crippen molar-refractivity contribution in [2.75, 3.05) is 6.54 Å². The van der Waals surface area contributed by atoms with Crippen LogP contribution in [-0.2, 0) is 5.75 Å². The van der Waals surface area contributed by atoms with Gasteiger partial charge in [-0.25, -0.2) is 14.6 Å². The highest BCUT2D eigenvalue weighted by molar-refractivity contribution is 9.10. The van der Waals surface area contributed by atoms with Crippen LogP contribution in [0.3, 0.4) is 0 Å². The van der Waals surface area contributed by atoms with Crippen molar-refractivity contribution in [2.45, 2.75) is 43.0 Å². The van der Waals surface area contributed by atoms with E-state index in [1.54, 1.807) is 23.1 Å². The third kappa shape index (κ3) is 5.80. The molecule has 0 unspecified atom stereocenters. The highest BCUT2D eigenvalue weighted by atomic mass is 79.9. The fraction of sp³-hybridized carbons (Fsp3) is 0.318. The molecule has 1 N–H and O–H groups in total. The zero-order valence-corrected chi connectivity index (χ0v) is 19.4. The maximum Gasteiger partial charge on any atom is 0.273 e. The average Bonchev–Trinajstić information content (AvgIpc) is 3.23. The molecule has 0 spiro atoms. The zero-order valence-electron chi connectivity index (χ0n) is 17.0. The van der Waals surface area contributed by atoms with Gasteiger partial charge in [0, 0.05) is 29.2 Å². The van der Waals surface area contributed by atoms with E-state index in [0.29, 0.717) is 28.8 Å². The molecular weight excluding hydrogens is 476 g/mol. The Hall–Kier alpha value is -2.52. The first-order valence-corrected chi connectivity index (χ1v) is 12.0. The molecule has 0 fully saturated rings. The molecule has 31 heavy (non-hydrogen) atoms. The summed E-state index contributed by atoms with van der Waals surface area (Å²) in [5.74, 6) is 0.269. The first kappa shape index (κ1) is 21.7. The van der Waals surface area contributed by atoms with E-state index in [1.165, 1.54) is 30.2 Å². The van der Waals surface area contributed by atoms with Crippen LogP contribution in [0.5, 0.6) is 0 Å². The van der Waals surface area contributed by atoms with Crippen molar-refractivity contribution in [1.82, 2.24) is 30.3 Å². The monoisotopic (exact) mass is 498 g/mol. The van der Waals surface area contributed by atoms with Crippen LogP contribution in [0.15, 0.2) is 64.0 Å². The molecule has 0 saturated heterocycles. The summed E-state index contributed by atoms with van der Waals surface area (Å²) >= 11 is 4.90. The number of hydrogen-bond donors (Lipinski definition) is 1. The topological polar surface area (TPSA) is 85.6 Å². The van der Waals surface area contributed by atoms with Crippen molar-refractivity contribution in [3.05, 3.63) is 70.2 Å². The first-order chi connectivity index (χ1) is 15.2. The number of halogens is 1. The third-order valence-corrected chi connectivity index (χ3v) is 6.46. The average molecular weight is 499 g/mol. The van der Waals surface area contributed by atoms with Gasteiger partial charge in [0.2, 0.25) is 0 Å². The van der Waals surface area contributed by atoms with Crippen LogP contribution in [-0.4, -0.2) is 37.4 Å². The van der Waals surface area contributed by atoms with Gasteiger partial charge in [-0.3, -0.25) is 4.79 Å². The Morgan fingerprint density at radius 1 is 1.16 bits per heavy atom. The Morgan fingerprint density at radius 2 is 1.97 bits per heavy atom. The lowest BCUT2D eigenvalue weighted by atomic mass is 9.97. The largest absolute Gasteiger partial charge is 0.350 e. The Kier molecular flexibility index (Phi) is 7.48. The number of rotatable bonds is 8. The summed E-state index contributed by atoms with van der Waals surface area (Å²) in [5, 5.41) is 12.1. The van der Waals surface area contributed by atoms with Crippen molar-refractivity contribution in [2.24, 2.45) is 0 Å². The van der Waals surface area contributed by atoms with Crippen molar-refractivity contribution in [1.29, 1.82) is 0 Å². The summed E-state index contributed by atoms with van der Waals surface area (Å²) in [7, 11) is 0. The lowest BCUT2D eigenvalue weighted by molar-refractivity contribution is 0.0948. The Labute approximate surface area is 193 Å². The number of thioether (sulfide) groups is 1. The summed E-state index contributed by atoms with van der Waals surface area (Å²) in [5.41, 5.74) is 3.33. The van der Waals surface area contributed by atoms with Gasteiger partial charge in [0.05, 0.1) is 11.4 Å². The summed E-state index contributed by atoms with van der Waals surface area (Å²) in [6.45, 7) is 0.601. The van der Waals surface area contributed by atoms with Gasteiger partial charge in [-0.2, -0.15) is 0 Å². The SMILES string of the molecule is O=C(NCCC1=CCCCC1)c1nnn(-c2ccc(Br)cc2)c1CSc1ncccn1. The maximum atomic E-state index is 12.9. The predicted molar refractivity (Wildman–Crippen MR) is 124 cm³/mol. The number of hydrogen-bond acceptors (Lipinski definition) is 6. The number of aromatic nitrogens is 5. The molecule has 0 atom stereocenters. The number of nitrogens with one attached hydrogen (secondary N) is 1. The molecule has 0 bridgehead atoms. The van der Waals surface area contributed by atoms with Crippen LogP contribution in [0, 0.1) is 0 Å². The number of carbonyl (C=O) groups excluding carboxylic acids is 1. The second kappa shape index (κ2) is 10.7. The predicted octanol–water partition coefficient (Wildman–Crippen LogP) is 4.73. The minimum Gasteiger partial charge on any atom is -0.350 e. The Balaban J connectivity index is 1.51. The number of benzene rings is 1. The van der Waals surface area contributed by atoms with E-state index in [1.807, 2.05) is 24.3 Å². The molecular formula is C22H23BrN6OS. The molecule has 1 aliphatic carbocycles. The van der Waals surface area contributed by atoms with E-state index in [-0.39, 0.29) is 5.91 Å². The molecule has 0 saturated carbocycles. The highest BCUT2D eigenvalue weighted by Gasteiger charge is 2.21. The molecule has 3 aromatic rings. The summed E-state index contributed by atoms with van der Waals surface area (Å²) in [6, 6.07) is 9.52. The number of nitrogens with zero attached hydrogens (tertiary/aromatic N) is 5. The van der Waals surface area contributed by atoms with E-state index in [4.69, 9.17) is 0 Å². The lowest BCUT2D eigenvalue weighted by Gasteiger charge is -2.13. The van der Waals surface area contributed by atoms with E-state index < -0.39 is 0 Å². The highest BCUT2D eigenvalue weighted by Crippen LogP contribution is 2.24. The minimum atomic E-state index is -0.204. The van der Waals surface area contributed by atoms with Crippen LogP contribution in [0.4, 0.5) is 0 Å². The number of allylic oxidation sites excluding steroid dienone is 1. The van der Waals surface area contributed by atoms with Gasteiger partial charge in [-0.15, -0.1) is 5.10 Å². The summed E-state index contributed by atoms with van der Waals surface area (Å²) in [6.07, 6.45) is 11.4. The fourth-order valence-electron chi connectivity index (χ4n) is 3.44. The van der Waals surface area contributed by atoms with Gasteiger partial charge >= 0.3 is 0 Å². The van der Waals surface area contributed by atoms with E-state index in [0.717, 1.165) is 29.4 Å². The molecule has 7 nitrogen and oxygen atoms in total. The Bertz CT molecular complexity index is 1050. The molecule has 160 valence electrons. The molecule has 2 aromatic heterocycles. The fourth-order valence-corrected chi connectivity index (χ4v) is 4.50. The van der Waals surface area contributed by atoms with Gasteiger partial charge in [0.25, 0.3) is 5.91 Å². The molecule has 1 amide bonds. The van der Waals surface area contributed by atoms with Gasteiger partial charge in [0.15, 0.2) is 10.9 Å². The molecule has 1 aromatic carbocycles. The van der Waals surface area contributed by atoms with Crippen molar-refractivity contribution in [3.8, 4) is 5.69 Å². The quantitative estimate of drug-likeness (QED) is 0.274. The van der Waals surface area contributed by atoms with Gasteiger partial charge in [-0.1, -0.05) is 44.6 Å². The smallest absolute Gasteiger partial charge is 0.273 e. The van der Waals surface area contributed by atoms with Crippen LogP contribution >= 0.6 is 27.7 Å². The number of carbonyl (C=O) groups is 1. The van der Waals surface area contributed by atoms with Crippen LogP contribution in [0.1, 0.15) is 48.3 Å². The van der Waals surface area contributed by atoms with Crippen molar-refractivity contribution in [3.63, 3.8) is 0 Å². The third-order valence-electron chi connectivity index (χ3n) is 5.05. The van der Waals surface area contributed by atoms with Gasteiger partial charge in [0.1, 0.15) is 0 Å². The van der Waals surface area contributed by atoms with Gasteiger partial charge < -0.3 is 5.32 Å². The second-order valence-corrected chi connectivity index (χ2v) is 9.07. The molecule has 2 heterocycles. The van der Waals surface area contributed by atoms with Crippen LogP contribution in [0.25, 0.3) is 5.69 Å². The molecule has 0 aliphatic heterocycles. The normalized spacial score (nSPS) is 13.6. The van der Waals surface area contributed by atoms with E-state index in [2.05, 4.69) is 47.6 Å². The summed E-state index contributed by atoms with van der Waals surface area (Å²) < 4.78 is 2.68. The number of amides is 1.